The first kappa shape index (κ1) is 35.5. The van der Waals surface area contributed by atoms with Crippen LogP contribution in [0.2, 0.25) is 10.0 Å². The highest BCUT2D eigenvalue weighted by Gasteiger charge is 2.45. The van der Waals surface area contributed by atoms with Gasteiger partial charge in [0.1, 0.15) is 0 Å². The number of rotatable bonds is 10. The Balaban J connectivity index is 1.05. The number of nitrogens with zero attached hydrogens (tertiary/aromatic N) is 5. The normalized spacial score (nSPS) is 18.8. The summed E-state index contributed by atoms with van der Waals surface area (Å²) in [7, 11) is -3.39. The molecule has 2 bridgehead atoms. The molecule has 2 N–H and O–H groups in total. The molecular weight excluding hydrogens is 707 g/mol. The van der Waals surface area contributed by atoms with Crippen molar-refractivity contribution in [2.45, 2.75) is 57.5 Å². The molecular formula is C38H40Cl2N6O4S. The first-order chi connectivity index (χ1) is 24.5. The third-order valence-electron chi connectivity index (χ3n) is 10.1. The van der Waals surface area contributed by atoms with Gasteiger partial charge in [-0.1, -0.05) is 65.4 Å². The number of hydrogen-bond acceptors (Lipinski definition) is 6. The monoisotopic (exact) mass is 746 g/mol. The Morgan fingerprint density at radius 2 is 1.69 bits per heavy atom. The fourth-order valence-corrected chi connectivity index (χ4v) is 8.49. The molecule has 51 heavy (non-hydrogen) atoms. The van der Waals surface area contributed by atoms with Crippen molar-refractivity contribution in [2.24, 2.45) is 0 Å². The zero-order valence-electron chi connectivity index (χ0n) is 28.4. The zero-order valence-corrected chi connectivity index (χ0v) is 30.7. The lowest BCUT2D eigenvalue weighted by molar-refractivity contribution is 0.102. The lowest BCUT2D eigenvalue weighted by atomic mass is 10.0. The van der Waals surface area contributed by atoms with Gasteiger partial charge >= 0.3 is 6.09 Å². The Morgan fingerprint density at radius 1 is 0.961 bits per heavy atom. The molecule has 4 aromatic rings. The summed E-state index contributed by atoms with van der Waals surface area (Å²) in [6.45, 7) is 5.02. The molecule has 2 fully saturated rings. The van der Waals surface area contributed by atoms with E-state index in [0.29, 0.717) is 36.6 Å². The molecule has 0 aliphatic carbocycles. The topological polar surface area (TPSA) is 111 Å². The van der Waals surface area contributed by atoms with Crippen molar-refractivity contribution in [3.05, 3.63) is 110 Å². The summed E-state index contributed by atoms with van der Waals surface area (Å²) in [5.41, 5.74) is 7.39. The lowest BCUT2D eigenvalue weighted by Gasteiger charge is -2.32. The Kier molecular flexibility index (Phi) is 10.4. The SMILES string of the molecule is CS(=O)(=O)N1CCc2c(c(-c3ccc(Cl)c(C#Cc4ccc(CNCc5ccc(Cl)cc5)cc4)c3)nn2CCCN2C[C@H]3C[C@@H]2CN3C(=O)O)C1. The summed E-state index contributed by atoms with van der Waals surface area (Å²) < 4.78 is 28.7. The smallest absolute Gasteiger partial charge is 0.407 e. The van der Waals surface area contributed by atoms with Gasteiger partial charge in [0.15, 0.2) is 0 Å². The number of benzene rings is 3. The number of amides is 1. The molecule has 0 saturated carbocycles. The van der Waals surface area contributed by atoms with Crippen LogP contribution in [-0.4, -0.2) is 88.0 Å². The van der Waals surface area contributed by atoms with Gasteiger partial charge in [-0.05, 0) is 60.4 Å². The van der Waals surface area contributed by atoms with Crippen molar-refractivity contribution in [2.75, 3.05) is 32.4 Å². The average Bonchev–Trinajstić information content (AvgIpc) is 3.82. The molecule has 266 valence electrons. The number of aryl methyl sites for hydroxylation is 1. The van der Waals surface area contributed by atoms with Crippen LogP contribution in [-0.2, 0) is 42.6 Å². The highest BCUT2D eigenvalue weighted by molar-refractivity contribution is 7.88. The van der Waals surface area contributed by atoms with Crippen LogP contribution in [0.4, 0.5) is 4.79 Å². The van der Waals surface area contributed by atoms with Crippen molar-refractivity contribution >= 4 is 39.3 Å². The van der Waals surface area contributed by atoms with E-state index in [1.165, 1.54) is 16.1 Å². The van der Waals surface area contributed by atoms with Crippen LogP contribution in [0.15, 0.2) is 66.7 Å². The van der Waals surface area contributed by atoms with E-state index in [1.807, 2.05) is 59.3 Å². The molecule has 10 nitrogen and oxygen atoms in total. The fraction of sp³-hybridized carbons (Fsp3) is 0.368. The Hall–Kier alpha value is -3.89. The summed E-state index contributed by atoms with van der Waals surface area (Å²) in [5.74, 6) is 6.49. The second kappa shape index (κ2) is 15.0. The number of carboxylic acid groups (broad SMARTS) is 1. The number of aromatic nitrogens is 2. The van der Waals surface area contributed by atoms with Crippen molar-refractivity contribution < 1.29 is 18.3 Å². The minimum absolute atomic E-state index is 0.0775. The first-order valence-electron chi connectivity index (χ1n) is 17.1. The predicted molar refractivity (Wildman–Crippen MR) is 199 cm³/mol. The first-order valence-corrected chi connectivity index (χ1v) is 19.8. The number of hydrogen-bond donors (Lipinski definition) is 2. The van der Waals surface area contributed by atoms with Gasteiger partial charge in [0.25, 0.3) is 0 Å². The summed E-state index contributed by atoms with van der Waals surface area (Å²) in [6.07, 6.45) is 2.74. The zero-order chi connectivity index (χ0) is 35.7. The van der Waals surface area contributed by atoms with E-state index in [9.17, 15) is 18.3 Å². The summed E-state index contributed by atoms with van der Waals surface area (Å²) >= 11 is 12.6. The van der Waals surface area contributed by atoms with Gasteiger partial charge in [0, 0.05) is 104 Å². The highest BCUT2D eigenvalue weighted by Crippen LogP contribution is 2.34. The predicted octanol–water partition coefficient (Wildman–Crippen LogP) is 5.69. The van der Waals surface area contributed by atoms with E-state index in [1.54, 1.807) is 4.90 Å². The number of piperazine rings is 1. The molecule has 1 aromatic heterocycles. The van der Waals surface area contributed by atoms with Gasteiger partial charge in [0.2, 0.25) is 10.0 Å². The van der Waals surface area contributed by atoms with E-state index in [4.69, 9.17) is 28.3 Å². The van der Waals surface area contributed by atoms with Crippen molar-refractivity contribution in [1.82, 2.24) is 29.2 Å². The number of likely N-dealkylation sites (tertiary alicyclic amines) is 2. The Labute approximate surface area is 309 Å². The average molecular weight is 748 g/mol. The van der Waals surface area contributed by atoms with Crippen LogP contribution in [0.5, 0.6) is 0 Å². The van der Waals surface area contributed by atoms with Gasteiger partial charge < -0.3 is 15.3 Å². The molecule has 0 spiro atoms. The summed E-state index contributed by atoms with van der Waals surface area (Å²) in [5, 5.41) is 19.2. The van der Waals surface area contributed by atoms with E-state index in [-0.39, 0.29) is 18.6 Å². The molecule has 1 amide bonds. The molecule has 3 aliphatic heterocycles. The van der Waals surface area contributed by atoms with Gasteiger partial charge in [-0.25, -0.2) is 13.2 Å². The second-order valence-electron chi connectivity index (χ2n) is 13.5. The van der Waals surface area contributed by atoms with Crippen LogP contribution < -0.4 is 5.32 Å². The van der Waals surface area contributed by atoms with Gasteiger partial charge in [0.05, 0.1) is 17.0 Å². The Morgan fingerprint density at radius 3 is 2.35 bits per heavy atom. The van der Waals surface area contributed by atoms with E-state index >= 15 is 0 Å². The summed E-state index contributed by atoms with van der Waals surface area (Å²) in [6, 6.07) is 21.9. The quantitative estimate of drug-likeness (QED) is 0.201. The highest BCUT2D eigenvalue weighted by atomic mass is 35.5. The van der Waals surface area contributed by atoms with Crippen LogP contribution in [0.25, 0.3) is 11.3 Å². The fourth-order valence-electron chi connectivity index (χ4n) is 7.41. The van der Waals surface area contributed by atoms with Crippen LogP contribution in [0.1, 0.15) is 46.4 Å². The maximum absolute atomic E-state index is 12.6. The largest absolute Gasteiger partial charge is 0.465 e. The molecule has 3 aliphatic rings. The lowest BCUT2D eigenvalue weighted by Crippen LogP contribution is -2.48. The summed E-state index contributed by atoms with van der Waals surface area (Å²) in [4.78, 5) is 15.5. The number of nitrogens with one attached hydrogen (secondary N) is 1. The van der Waals surface area contributed by atoms with Gasteiger partial charge in [-0.2, -0.15) is 9.40 Å². The molecule has 13 heteroatoms. The van der Waals surface area contributed by atoms with Crippen LogP contribution >= 0.6 is 23.2 Å². The molecule has 2 saturated heterocycles. The number of fused-ring (bicyclic) bond motifs is 3. The van der Waals surface area contributed by atoms with Gasteiger partial charge in [-0.15, -0.1) is 0 Å². The van der Waals surface area contributed by atoms with Crippen molar-refractivity contribution in [3.8, 4) is 23.1 Å². The molecule has 0 radical (unpaired) electrons. The molecule has 2 atom stereocenters. The second-order valence-corrected chi connectivity index (χ2v) is 16.4. The van der Waals surface area contributed by atoms with E-state index in [2.05, 4.69) is 34.2 Å². The minimum Gasteiger partial charge on any atom is -0.465 e. The van der Waals surface area contributed by atoms with Crippen molar-refractivity contribution in [3.63, 3.8) is 0 Å². The van der Waals surface area contributed by atoms with Crippen molar-refractivity contribution in [1.29, 1.82) is 0 Å². The van der Waals surface area contributed by atoms with E-state index in [0.717, 1.165) is 77.7 Å². The maximum atomic E-state index is 12.6. The van der Waals surface area contributed by atoms with Crippen LogP contribution in [0.3, 0.4) is 0 Å². The molecule has 7 rings (SSSR count). The Bertz CT molecular complexity index is 2090. The third-order valence-corrected chi connectivity index (χ3v) is 11.9. The molecule has 3 aromatic carbocycles. The maximum Gasteiger partial charge on any atom is 0.407 e. The minimum atomic E-state index is -3.39. The molecule has 0 unspecified atom stereocenters. The van der Waals surface area contributed by atoms with Gasteiger partial charge in [-0.3, -0.25) is 9.58 Å². The third kappa shape index (κ3) is 8.12. The number of halogens is 2. The van der Waals surface area contributed by atoms with E-state index < -0.39 is 16.1 Å². The molecule has 4 heterocycles. The number of sulfonamides is 1. The standard InChI is InChI=1S/C38H40Cl2N6O4S/c1-51(49,50)44-18-15-36-34(25-44)37(42-46(36)17-2-16-43-23-33-20-32(43)24-45(33)38(47)48)30-11-14-35(40)29(19-30)10-7-26-3-5-27(6-4-26)21-41-22-28-8-12-31(39)13-9-28/h3-6,8-9,11-14,19,32-33,41H,2,15-18,20-25H2,1H3,(H,47,48)/t32-,33-/m1/s1. The number of carbonyl (C=O) groups is 1. The van der Waals surface area contributed by atoms with Crippen LogP contribution in [0, 0.1) is 11.8 Å².